The van der Waals surface area contributed by atoms with Crippen molar-refractivity contribution in [1.82, 2.24) is 9.80 Å². The van der Waals surface area contributed by atoms with Gasteiger partial charge in [0.25, 0.3) is 11.8 Å². The second-order valence-corrected chi connectivity index (χ2v) is 7.18. The van der Waals surface area contributed by atoms with Crippen LogP contribution in [0.25, 0.3) is 10.8 Å². The van der Waals surface area contributed by atoms with E-state index >= 15 is 0 Å². The number of carbonyl (C=O) groups excluding carboxylic acids is 2. The second-order valence-electron chi connectivity index (χ2n) is 6.77. The summed E-state index contributed by atoms with van der Waals surface area (Å²) in [4.78, 5) is 28.9. The average Bonchev–Trinajstić information content (AvgIpc) is 2.72. The van der Waals surface area contributed by atoms with Crippen molar-refractivity contribution in [1.29, 1.82) is 0 Å². The Balaban J connectivity index is 1.44. The molecular weight excluding hydrogens is 379 g/mol. The Morgan fingerprint density at radius 1 is 0.786 bits per heavy atom. The Kier molecular flexibility index (Phi) is 5.01. The summed E-state index contributed by atoms with van der Waals surface area (Å²) in [6.45, 7) is 1.70. The van der Waals surface area contributed by atoms with Gasteiger partial charge in [0, 0.05) is 31.7 Å². The number of halogens is 2. The molecule has 1 heterocycles. The lowest BCUT2D eigenvalue weighted by Crippen LogP contribution is -2.50. The highest BCUT2D eigenvalue weighted by Crippen LogP contribution is 2.21. The number of rotatable bonds is 2. The molecule has 0 aliphatic carbocycles. The summed E-state index contributed by atoms with van der Waals surface area (Å²) in [6.07, 6.45) is 0. The SMILES string of the molecule is O=C(c1ccc2ccccc2c1)N1CCN(C(=O)c2ccc(F)cc2Cl)CC1. The predicted molar refractivity (Wildman–Crippen MR) is 107 cm³/mol. The van der Waals surface area contributed by atoms with Gasteiger partial charge in [-0.15, -0.1) is 0 Å². The van der Waals surface area contributed by atoms with Crippen molar-refractivity contribution >= 4 is 34.2 Å². The van der Waals surface area contributed by atoms with Crippen LogP contribution < -0.4 is 0 Å². The molecule has 1 fully saturated rings. The molecule has 0 spiro atoms. The van der Waals surface area contributed by atoms with Crippen molar-refractivity contribution in [3.63, 3.8) is 0 Å². The highest BCUT2D eigenvalue weighted by Gasteiger charge is 2.26. The number of piperazine rings is 1. The van der Waals surface area contributed by atoms with Crippen LogP contribution in [0.4, 0.5) is 4.39 Å². The molecule has 1 aliphatic heterocycles. The number of hydrogen-bond acceptors (Lipinski definition) is 2. The van der Waals surface area contributed by atoms with Gasteiger partial charge in [-0.3, -0.25) is 9.59 Å². The topological polar surface area (TPSA) is 40.6 Å². The van der Waals surface area contributed by atoms with Crippen LogP contribution in [0.1, 0.15) is 20.7 Å². The number of amides is 2. The van der Waals surface area contributed by atoms with Gasteiger partial charge in [-0.2, -0.15) is 0 Å². The molecular formula is C22H18ClFN2O2. The molecule has 0 N–H and O–H groups in total. The smallest absolute Gasteiger partial charge is 0.255 e. The number of fused-ring (bicyclic) bond motifs is 1. The van der Waals surface area contributed by atoms with Crippen molar-refractivity contribution in [3.05, 3.63) is 82.6 Å². The maximum Gasteiger partial charge on any atom is 0.255 e. The van der Waals surface area contributed by atoms with Crippen LogP contribution in [0.3, 0.4) is 0 Å². The van der Waals surface area contributed by atoms with E-state index < -0.39 is 5.82 Å². The summed E-state index contributed by atoms with van der Waals surface area (Å²) in [6, 6.07) is 17.3. The maximum atomic E-state index is 13.2. The highest BCUT2D eigenvalue weighted by molar-refractivity contribution is 6.33. The van der Waals surface area contributed by atoms with E-state index in [1.165, 1.54) is 12.1 Å². The molecule has 0 aromatic heterocycles. The fraction of sp³-hybridized carbons (Fsp3) is 0.182. The minimum absolute atomic E-state index is 0.0438. The van der Waals surface area contributed by atoms with Crippen molar-refractivity contribution < 1.29 is 14.0 Å². The second kappa shape index (κ2) is 7.60. The third kappa shape index (κ3) is 3.58. The lowest BCUT2D eigenvalue weighted by Gasteiger charge is -2.35. The zero-order valence-corrected chi connectivity index (χ0v) is 15.8. The van der Waals surface area contributed by atoms with Gasteiger partial charge in [-0.05, 0) is 41.1 Å². The van der Waals surface area contributed by atoms with E-state index in [1.54, 1.807) is 9.80 Å². The van der Waals surface area contributed by atoms with Crippen LogP contribution in [0, 0.1) is 5.82 Å². The van der Waals surface area contributed by atoms with Crippen LogP contribution >= 0.6 is 11.6 Å². The molecule has 0 atom stereocenters. The average molecular weight is 397 g/mol. The third-order valence-electron chi connectivity index (χ3n) is 5.01. The van der Waals surface area contributed by atoms with E-state index in [1.807, 2.05) is 42.5 Å². The first-order valence-corrected chi connectivity index (χ1v) is 9.43. The molecule has 4 rings (SSSR count). The predicted octanol–water partition coefficient (Wildman–Crippen LogP) is 4.23. The van der Waals surface area contributed by atoms with Crippen LogP contribution in [-0.4, -0.2) is 47.8 Å². The molecule has 0 bridgehead atoms. The van der Waals surface area contributed by atoms with Crippen LogP contribution in [0.15, 0.2) is 60.7 Å². The maximum absolute atomic E-state index is 13.2. The number of benzene rings is 3. The van der Waals surface area contributed by atoms with Crippen molar-refractivity contribution in [2.45, 2.75) is 0 Å². The molecule has 2 amide bonds. The van der Waals surface area contributed by atoms with Gasteiger partial charge in [0.05, 0.1) is 10.6 Å². The summed E-state index contributed by atoms with van der Waals surface area (Å²) >= 11 is 6.00. The molecule has 1 aliphatic rings. The molecule has 3 aromatic carbocycles. The summed E-state index contributed by atoms with van der Waals surface area (Å²) in [5, 5.41) is 2.21. The Hall–Kier alpha value is -2.92. The Bertz CT molecular complexity index is 1060. The van der Waals surface area contributed by atoms with E-state index in [0.717, 1.165) is 16.8 Å². The molecule has 3 aromatic rings. The Labute approximate surface area is 167 Å². The van der Waals surface area contributed by atoms with Gasteiger partial charge >= 0.3 is 0 Å². The van der Waals surface area contributed by atoms with Crippen molar-refractivity contribution in [3.8, 4) is 0 Å². The first-order valence-electron chi connectivity index (χ1n) is 9.05. The molecule has 0 saturated carbocycles. The van der Waals surface area contributed by atoms with E-state index in [9.17, 15) is 14.0 Å². The minimum atomic E-state index is -0.479. The van der Waals surface area contributed by atoms with Gasteiger partial charge < -0.3 is 9.80 Å². The summed E-state index contributed by atoms with van der Waals surface area (Å²) < 4.78 is 13.2. The van der Waals surface area contributed by atoms with E-state index in [2.05, 4.69) is 0 Å². The van der Waals surface area contributed by atoms with E-state index in [-0.39, 0.29) is 22.4 Å². The Morgan fingerprint density at radius 2 is 1.43 bits per heavy atom. The molecule has 1 saturated heterocycles. The first kappa shape index (κ1) is 18.4. The van der Waals surface area contributed by atoms with Gasteiger partial charge in [-0.25, -0.2) is 4.39 Å². The first-order chi connectivity index (χ1) is 13.5. The van der Waals surface area contributed by atoms with Crippen LogP contribution in [0.2, 0.25) is 5.02 Å². The zero-order valence-electron chi connectivity index (χ0n) is 15.1. The van der Waals surface area contributed by atoms with Crippen LogP contribution in [0.5, 0.6) is 0 Å². The quantitative estimate of drug-likeness (QED) is 0.650. The third-order valence-corrected chi connectivity index (χ3v) is 5.32. The number of nitrogens with zero attached hydrogens (tertiary/aromatic N) is 2. The standard InChI is InChI=1S/C22H18ClFN2O2/c23-20-14-18(24)7-8-19(20)22(28)26-11-9-25(10-12-26)21(27)17-6-5-15-3-1-2-4-16(15)13-17/h1-8,13-14H,9-12H2. The largest absolute Gasteiger partial charge is 0.335 e. The minimum Gasteiger partial charge on any atom is -0.335 e. The van der Waals surface area contributed by atoms with Crippen molar-refractivity contribution in [2.24, 2.45) is 0 Å². The van der Waals surface area contributed by atoms with Gasteiger partial charge in [0.15, 0.2) is 0 Å². The normalized spacial score (nSPS) is 14.4. The molecule has 0 unspecified atom stereocenters. The Morgan fingerprint density at radius 3 is 2.11 bits per heavy atom. The highest BCUT2D eigenvalue weighted by atomic mass is 35.5. The fourth-order valence-corrected chi connectivity index (χ4v) is 3.70. The number of hydrogen-bond donors (Lipinski definition) is 0. The van der Waals surface area contributed by atoms with Gasteiger partial charge in [-0.1, -0.05) is 41.9 Å². The lowest BCUT2D eigenvalue weighted by atomic mass is 10.1. The molecule has 0 radical (unpaired) electrons. The summed E-state index contributed by atoms with van der Waals surface area (Å²) in [5.74, 6) is -0.771. The van der Waals surface area contributed by atoms with Crippen molar-refractivity contribution in [2.75, 3.05) is 26.2 Å². The monoisotopic (exact) mass is 396 g/mol. The van der Waals surface area contributed by atoms with E-state index in [4.69, 9.17) is 11.6 Å². The fourth-order valence-electron chi connectivity index (χ4n) is 3.45. The lowest BCUT2D eigenvalue weighted by molar-refractivity contribution is 0.0535. The molecule has 28 heavy (non-hydrogen) atoms. The number of carbonyl (C=O) groups is 2. The summed E-state index contributed by atoms with van der Waals surface area (Å²) in [7, 11) is 0. The summed E-state index contributed by atoms with van der Waals surface area (Å²) in [5.41, 5.74) is 0.914. The molecule has 6 heteroatoms. The van der Waals surface area contributed by atoms with Gasteiger partial charge in [0.1, 0.15) is 5.82 Å². The molecule has 142 valence electrons. The van der Waals surface area contributed by atoms with Gasteiger partial charge in [0.2, 0.25) is 0 Å². The van der Waals surface area contributed by atoms with E-state index in [0.29, 0.717) is 31.7 Å². The zero-order chi connectivity index (χ0) is 19.7. The molecule has 4 nitrogen and oxygen atoms in total. The van der Waals surface area contributed by atoms with Crippen LogP contribution in [-0.2, 0) is 0 Å².